The summed E-state index contributed by atoms with van der Waals surface area (Å²) < 4.78 is 30.9. The second-order valence-corrected chi connectivity index (χ2v) is 6.96. The van der Waals surface area contributed by atoms with Crippen molar-refractivity contribution in [1.29, 1.82) is 0 Å². The van der Waals surface area contributed by atoms with Crippen molar-refractivity contribution >= 4 is 22.6 Å². The smallest absolute Gasteiger partial charge is 0.302 e. The second kappa shape index (κ2) is 9.87. The predicted octanol–water partition coefficient (Wildman–Crippen LogP) is 0.187. The molecular formula is C12H21N2O5SY-. The van der Waals surface area contributed by atoms with Crippen LogP contribution in [0.15, 0.2) is 0 Å². The van der Waals surface area contributed by atoms with Gasteiger partial charge < -0.3 is 14.3 Å². The molecule has 0 bridgehead atoms. The van der Waals surface area contributed by atoms with Crippen LogP contribution < -0.4 is 4.72 Å². The van der Waals surface area contributed by atoms with Gasteiger partial charge >= 0.3 is 5.97 Å². The molecule has 1 radical (unpaired) electrons. The molecule has 9 heteroatoms. The standard InChI is InChI=1S/C12H21N2O5S.Y/c1-10(16)19-8-12-5-3-11(4-6-12)7-14(2)20(17,18)13-9-15;/h11-12H,3-8H2,1-2H3,(H,13,15);/q-1;. The molecule has 7 nitrogen and oxygen atoms in total. The topological polar surface area (TPSA) is 92.8 Å². The molecular weight excluding hydrogens is 373 g/mol. The van der Waals surface area contributed by atoms with Crippen LogP contribution in [0, 0.1) is 11.8 Å². The predicted molar refractivity (Wildman–Crippen MR) is 72.5 cm³/mol. The molecule has 0 aliphatic heterocycles. The molecule has 1 fully saturated rings. The molecule has 0 saturated heterocycles. The molecule has 0 unspecified atom stereocenters. The normalized spacial score (nSPS) is 22.2. The average molecular weight is 394 g/mol. The molecule has 0 aromatic heterocycles. The second-order valence-electron chi connectivity index (χ2n) is 5.18. The van der Waals surface area contributed by atoms with Gasteiger partial charge in [-0.2, -0.15) is 19.1 Å². The van der Waals surface area contributed by atoms with Crippen molar-refractivity contribution in [3.05, 3.63) is 0 Å². The van der Waals surface area contributed by atoms with E-state index in [1.165, 1.54) is 20.4 Å². The first-order valence-corrected chi connectivity index (χ1v) is 8.02. The maximum Gasteiger partial charge on any atom is 0.302 e. The quantitative estimate of drug-likeness (QED) is 0.378. The van der Waals surface area contributed by atoms with Gasteiger partial charge in [0.2, 0.25) is 0 Å². The number of rotatable bonds is 7. The van der Waals surface area contributed by atoms with E-state index in [1.807, 2.05) is 0 Å². The molecule has 0 atom stereocenters. The minimum atomic E-state index is -3.75. The van der Waals surface area contributed by atoms with Crippen LogP contribution in [0.3, 0.4) is 0 Å². The van der Waals surface area contributed by atoms with E-state index in [0.717, 1.165) is 30.0 Å². The van der Waals surface area contributed by atoms with Crippen LogP contribution in [0.4, 0.5) is 0 Å². The number of amides is 1. The van der Waals surface area contributed by atoms with Gasteiger partial charge in [0, 0.05) is 53.2 Å². The van der Waals surface area contributed by atoms with Gasteiger partial charge in [-0.05, 0) is 37.5 Å². The SMILES string of the molecule is CC(=O)OCC1CCC(CN(C)S(=O)(=O)N[C-]=O)CC1.[Y]. The van der Waals surface area contributed by atoms with E-state index in [0.29, 0.717) is 19.1 Å². The molecule has 21 heavy (non-hydrogen) atoms. The first-order chi connectivity index (χ1) is 9.35. The Kier molecular flexibility index (Phi) is 9.85. The van der Waals surface area contributed by atoms with Gasteiger partial charge in [-0.1, -0.05) is 0 Å². The maximum absolute atomic E-state index is 11.5. The molecule has 0 spiro atoms. The van der Waals surface area contributed by atoms with Gasteiger partial charge in [0.1, 0.15) is 0 Å². The van der Waals surface area contributed by atoms with Crippen LogP contribution in [0.1, 0.15) is 32.6 Å². The third-order valence-electron chi connectivity index (χ3n) is 3.58. The number of esters is 1. The average Bonchev–Trinajstić information content (AvgIpc) is 2.37. The summed E-state index contributed by atoms with van der Waals surface area (Å²) in [5.74, 6) is 0.351. The number of carbonyl (C=O) groups is 1. The van der Waals surface area contributed by atoms with Crippen LogP contribution in [0.5, 0.6) is 0 Å². The van der Waals surface area contributed by atoms with Gasteiger partial charge in [0.25, 0.3) is 10.2 Å². The summed E-state index contributed by atoms with van der Waals surface area (Å²) in [6.45, 7) is 2.21. The first kappa shape index (κ1) is 21.0. The van der Waals surface area contributed by atoms with Gasteiger partial charge in [-0.25, -0.2) is 0 Å². The summed E-state index contributed by atoms with van der Waals surface area (Å²) >= 11 is 0. The summed E-state index contributed by atoms with van der Waals surface area (Å²) in [6, 6.07) is 0. The fourth-order valence-corrected chi connectivity index (χ4v) is 3.08. The van der Waals surface area contributed by atoms with E-state index < -0.39 is 10.2 Å². The van der Waals surface area contributed by atoms with Gasteiger partial charge in [-0.15, -0.1) is 0 Å². The van der Waals surface area contributed by atoms with Crippen molar-refractivity contribution in [3.63, 3.8) is 0 Å². The third kappa shape index (κ3) is 7.67. The van der Waals surface area contributed by atoms with Gasteiger partial charge in [0.05, 0.1) is 6.61 Å². The van der Waals surface area contributed by atoms with E-state index in [2.05, 4.69) is 0 Å². The Morgan fingerprint density at radius 2 is 1.81 bits per heavy atom. The fourth-order valence-electron chi connectivity index (χ4n) is 2.41. The molecule has 1 aliphatic rings. The molecule has 1 rings (SSSR count). The molecule has 1 saturated carbocycles. The van der Waals surface area contributed by atoms with E-state index in [-0.39, 0.29) is 44.6 Å². The number of hydrogen-bond acceptors (Lipinski definition) is 5. The number of hydrogen-bond donors (Lipinski definition) is 1. The van der Waals surface area contributed by atoms with Crippen LogP contribution in [0.25, 0.3) is 0 Å². The zero-order chi connectivity index (χ0) is 15.2. The maximum atomic E-state index is 11.5. The van der Waals surface area contributed by atoms with E-state index in [1.54, 1.807) is 4.72 Å². The molecule has 0 aromatic carbocycles. The Bertz CT molecular complexity index is 435. The van der Waals surface area contributed by atoms with E-state index >= 15 is 0 Å². The monoisotopic (exact) mass is 394 g/mol. The summed E-state index contributed by atoms with van der Waals surface area (Å²) in [5, 5.41) is 0. The first-order valence-electron chi connectivity index (χ1n) is 6.58. The van der Waals surface area contributed by atoms with Gasteiger partial charge in [0.15, 0.2) is 0 Å². The molecule has 0 aromatic rings. The van der Waals surface area contributed by atoms with Crippen molar-refractivity contribution in [2.45, 2.75) is 32.6 Å². The van der Waals surface area contributed by atoms with E-state index in [9.17, 15) is 18.0 Å². The van der Waals surface area contributed by atoms with Gasteiger partial charge in [-0.3, -0.25) is 4.79 Å². The van der Waals surface area contributed by atoms with Crippen LogP contribution in [0.2, 0.25) is 0 Å². The summed E-state index contributed by atoms with van der Waals surface area (Å²) in [5.41, 5.74) is 0. The number of ether oxygens (including phenoxy) is 1. The molecule has 0 heterocycles. The van der Waals surface area contributed by atoms with Crippen LogP contribution >= 0.6 is 0 Å². The summed E-state index contributed by atoms with van der Waals surface area (Å²) in [4.78, 5) is 20.8. The molecule has 1 N–H and O–H groups in total. The largest absolute Gasteiger partial charge is 0.519 e. The molecule has 1 amide bonds. The van der Waals surface area contributed by atoms with Crippen molar-refractivity contribution in [3.8, 4) is 0 Å². The Balaban J connectivity index is 0.00000400. The van der Waals surface area contributed by atoms with Crippen molar-refractivity contribution < 1.29 is 55.5 Å². The Labute approximate surface area is 151 Å². The zero-order valence-corrected chi connectivity index (χ0v) is 16.0. The van der Waals surface area contributed by atoms with Crippen molar-refractivity contribution in [2.24, 2.45) is 11.8 Å². The number of carbonyl (C=O) groups excluding carboxylic acids is 2. The Hall–Kier alpha value is -0.0461. The third-order valence-corrected chi connectivity index (χ3v) is 4.90. The van der Waals surface area contributed by atoms with E-state index in [4.69, 9.17) is 4.74 Å². The van der Waals surface area contributed by atoms with Crippen molar-refractivity contribution in [1.82, 2.24) is 9.03 Å². The summed E-state index contributed by atoms with van der Waals surface area (Å²) in [6.07, 6.45) is 4.78. The van der Waals surface area contributed by atoms with Crippen LogP contribution in [-0.4, -0.2) is 45.3 Å². The molecule has 1 aliphatic carbocycles. The number of nitrogens with zero attached hydrogens (tertiary/aromatic N) is 1. The fraction of sp³-hybridized carbons (Fsp3) is 0.833. The number of nitrogens with one attached hydrogen (secondary N) is 1. The summed E-state index contributed by atoms with van der Waals surface area (Å²) in [7, 11) is -2.32. The minimum Gasteiger partial charge on any atom is -0.519 e. The zero-order valence-electron chi connectivity index (χ0n) is 12.4. The van der Waals surface area contributed by atoms with Crippen LogP contribution in [-0.2, 0) is 57.2 Å². The van der Waals surface area contributed by atoms with Crippen molar-refractivity contribution in [2.75, 3.05) is 20.2 Å². The minimum absolute atomic E-state index is 0. The Morgan fingerprint density at radius 1 is 1.29 bits per heavy atom. The molecule has 119 valence electrons. The Morgan fingerprint density at radius 3 is 2.29 bits per heavy atom.